The van der Waals surface area contributed by atoms with Gasteiger partial charge in [-0.15, -0.1) is 0 Å². The molecule has 1 aliphatic heterocycles. The van der Waals surface area contributed by atoms with Gasteiger partial charge in [-0.3, -0.25) is 0 Å². The van der Waals surface area contributed by atoms with E-state index in [1.807, 2.05) is 12.1 Å². The van der Waals surface area contributed by atoms with Gasteiger partial charge < -0.3 is 24.6 Å². The third-order valence-corrected chi connectivity index (χ3v) is 5.16. The zero-order valence-corrected chi connectivity index (χ0v) is 14.1. The predicted molar refractivity (Wildman–Crippen MR) is 91.1 cm³/mol. The van der Waals surface area contributed by atoms with E-state index in [2.05, 4.69) is 11.9 Å². The largest absolute Gasteiger partial charge is 0.504 e. The topological polar surface area (TPSA) is 62.2 Å². The maximum atomic E-state index is 10.6. The molecule has 2 N–H and O–H groups in total. The monoisotopic (exact) mass is 327 g/mol. The van der Waals surface area contributed by atoms with Crippen molar-refractivity contribution in [1.82, 2.24) is 4.90 Å². The van der Waals surface area contributed by atoms with Crippen LogP contribution in [-0.4, -0.2) is 42.9 Å². The van der Waals surface area contributed by atoms with Crippen LogP contribution < -0.4 is 9.47 Å². The van der Waals surface area contributed by atoms with Crippen LogP contribution >= 0.6 is 0 Å². The van der Waals surface area contributed by atoms with Crippen molar-refractivity contribution >= 4 is 0 Å². The van der Waals surface area contributed by atoms with E-state index < -0.39 is 0 Å². The predicted octanol–water partition coefficient (Wildman–Crippen LogP) is 2.87. The molecule has 0 saturated heterocycles. The highest BCUT2D eigenvalue weighted by molar-refractivity contribution is 5.81. The van der Waals surface area contributed by atoms with Crippen LogP contribution in [0.1, 0.15) is 22.6 Å². The Morgan fingerprint density at radius 1 is 1.04 bits per heavy atom. The zero-order chi connectivity index (χ0) is 17.0. The molecule has 126 valence electrons. The Morgan fingerprint density at radius 2 is 1.75 bits per heavy atom. The average molecular weight is 327 g/mol. The van der Waals surface area contributed by atoms with Crippen molar-refractivity contribution in [3.8, 4) is 34.1 Å². The Hall–Kier alpha value is -2.40. The summed E-state index contributed by atoms with van der Waals surface area (Å²) in [6.07, 6.45) is 0.836. The summed E-state index contributed by atoms with van der Waals surface area (Å²) in [5, 5.41) is 20.7. The van der Waals surface area contributed by atoms with E-state index in [1.165, 1.54) is 5.56 Å². The van der Waals surface area contributed by atoms with Crippen molar-refractivity contribution in [2.24, 2.45) is 0 Å². The molecular weight excluding hydrogens is 306 g/mol. The maximum absolute atomic E-state index is 10.6. The number of rotatable bonds is 2. The molecule has 0 spiro atoms. The molecule has 0 bridgehead atoms. The van der Waals surface area contributed by atoms with E-state index >= 15 is 0 Å². The number of aromatic hydroxyl groups is 2. The first-order valence-electron chi connectivity index (χ1n) is 8.05. The van der Waals surface area contributed by atoms with Crippen LogP contribution in [-0.2, 0) is 13.0 Å². The van der Waals surface area contributed by atoms with Gasteiger partial charge in [0, 0.05) is 24.6 Å². The van der Waals surface area contributed by atoms with Gasteiger partial charge in [-0.1, -0.05) is 0 Å². The molecule has 1 heterocycles. The normalized spacial score (nSPS) is 18.7. The van der Waals surface area contributed by atoms with Crippen LogP contribution in [0.3, 0.4) is 0 Å². The average Bonchev–Trinajstić information content (AvgIpc) is 2.56. The summed E-state index contributed by atoms with van der Waals surface area (Å²) in [6.45, 7) is 1.63. The van der Waals surface area contributed by atoms with Crippen LogP contribution in [0, 0.1) is 0 Å². The molecule has 0 radical (unpaired) electrons. The molecule has 24 heavy (non-hydrogen) atoms. The molecule has 5 heteroatoms. The van der Waals surface area contributed by atoms with E-state index in [4.69, 9.17) is 9.47 Å². The van der Waals surface area contributed by atoms with E-state index in [0.29, 0.717) is 24.0 Å². The van der Waals surface area contributed by atoms with E-state index in [0.717, 1.165) is 35.2 Å². The van der Waals surface area contributed by atoms with Crippen LogP contribution in [0.15, 0.2) is 18.2 Å². The molecule has 0 fully saturated rings. The van der Waals surface area contributed by atoms with Crippen molar-refractivity contribution in [1.29, 1.82) is 0 Å². The minimum Gasteiger partial charge on any atom is -0.504 e. The number of ether oxygens (including phenoxy) is 2. The Bertz CT molecular complexity index is 831. The maximum Gasteiger partial charge on any atom is 0.162 e. The standard InChI is InChI=1S/C19H21NO4/c1-20-8-11-4-10-5-15(21)16(23-2)6-12(10)13-7-17(24-3)19(22)14(9-20)18(11)13/h5-7,11,21-22H,4,8-9H2,1-3H3. The fourth-order valence-electron chi connectivity index (χ4n) is 4.15. The summed E-state index contributed by atoms with van der Waals surface area (Å²) in [6, 6.07) is 5.58. The summed E-state index contributed by atoms with van der Waals surface area (Å²) in [5.74, 6) is 1.64. The summed E-state index contributed by atoms with van der Waals surface area (Å²) in [5.41, 5.74) is 5.35. The third-order valence-electron chi connectivity index (χ3n) is 5.16. The number of nitrogens with zero attached hydrogens (tertiary/aromatic N) is 1. The number of likely N-dealkylation sites (N-methyl/N-ethyl adjacent to an activating group) is 1. The Labute approximate surface area is 141 Å². The Balaban J connectivity index is 2.03. The number of hydrogen-bond acceptors (Lipinski definition) is 5. The molecule has 2 aromatic rings. The first-order valence-corrected chi connectivity index (χ1v) is 8.05. The van der Waals surface area contributed by atoms with Crippen LogP contribution in [0.2, 0.25) is 0 Å². The van der Waals surface area contributed by atoms with Crippen LogP contribution in [0.5, 0.6) is 23.0 Å². The Kier molecular flexibility index (Phi) is 3.35. The number of fused-ring (bicyclic) bond motifs is 2. The molecule has 2 aromatic carbocycles. The second-order valence-corrected chi connectivity index (χ2v) is 6.65. The Morgan fingerprint density at radius 3 is 2.46 bits per heavy atom. The van der Waals surface area contributed by atoms with Gasteiger partial charge in [0.25, 0.3) is 0 Å². The highest BCUT2D eigenvalue weighted by Gasteiger charge is 2.35. The van der Waals surface area contributed by atoms with Crippen molar-refractivity contribution in [3.05, 3.63) is 34.9 Å². The lowest BCUT2D eigenvalue weighted by Crippen LogP contribution is -2.33. The number of phenols is 2. The molecule has 1 unspecified atom stereocenters. The molecule has 5 nitrogen and oxygen atoms in total. The second kappa shape index (κ2) is 5.31. The van der Waals surface area contributed by atoms with E-state index in [1.54, 1.807) is 20.3 Å². The van der Waals surface area contributed by atoms with Crippen molar-refractivity contribution in [3.63, 3.8) is 0 Å². The highest BCUT2D eigenvalue weighted by Crippen LogP contribution is 2.51. The van der Waals surface area contributed by atoms with Crippen LogP contribution in [0.4, 0.5) is 0 Å². The van der Waals surface area contributed by atoms with E-state index in [9.17, 15) is 10.2 Å². The van der Waals surface area contributed by atoms with Gasteiger partial charge in [-0.25, -0.2) is 0 Å². The zero-order valence-electron chi connectivity index (χ0n) is 14.1. The fourth-order valence-corrected chi connectivity index (χ4v) is 4.15. The van der Waals surface area contributed by atoms with Gasteiger partial charge in [0.2, 0.25) is 0 Å². The molecule has 0 saturated carbocycles. The third kappa shape index (κ3) is 2.04. The molecule has 2 aliphatic rings. The lowest BCUT2D eigenvalue weighted by molar-refractivity contribution is 0.269. The minimum atomic E-state index is 0.162. The van der Waals surface area contributed by atoms with Gasteiger partial charge in [0.1, 0.15) is 0 Å². The number of methoxy groups -OCH3 is 2. The molecule has 0 aromatic heterocycles. The summed E-state index contributed by atoms with van der Waals surface area (Å²) in [4.78, 5) is 2.21. The minimum absolute atomic E-state index is 0.162. The first kappa shape index (κ1) is 15.1. The lowest BCUT2D eigenvalue weighted by Gasteiger charge is -2.38. The quantitative estimate of drug-likeness (QED) is 0.888. The van der Waals surface area contributed by atoms with E-state index in [-0.39, 0.29) is 11.5 Å². The van der Waals surface area contributed by atoms with Gasteiger partial charge >= 0.3 is 0 Å². The molecule has 1 aliphatic carbocycles. The first-order chi connectivity index (χ1) is 11.5. The van der Waals surface area contributed by atoms with Crippen molar-refractivity contribution < 1.29 is 19.7 Å². The summed E-state index contributed by atoms with van der Waals surface area (Å²) in [7, 11) is 5.18. The number of phenolic OH excluding ortho intramolecular Hbond substituents is 2. The highest BCUT2D eigenvalue weighted by atomic mass is 16.5. The van der Waals surface area contributed by atoms with Crippen molar-refractivity contribution in [2.75, 3.05) is 27.8 Å². The van der Waals surface area contributed by atoms with Gasteiger partial charge in [-0.2, -0.15) is 0 Å². The van der Waals surface area contributed by atoms with Gasteiger partial charge in [-0.05, 0) is 53.9 Å². The molecule has 0 amide bonds. The summed E-state index contributed by atoms with van der Waals surface area (Å²) >= 11 is 0. The SMILES string of the molecule is COc1cc2c(cc1O)CC1CN(C)Cc3c(O)c(OC)cc-2c31. The number of benzene rings is 2. The van der Waals surface area contributed by atoms with Crippen LogP contribution in [0.25, 0.3) is 11.1 Å². The van der Waals surface area contributed by atoms with Gasteiger partial charge in [0.15, 0.2) is 23.0 Å². The summed E-state index contributed by atoms with van der Waals surface area (Å²) < 4.78 is 10.7. The molecular formula is C19H21NO4. The smallest absolute Gasteiger partial charge is 0.162 e. The van der Waals surface area contributed by atoms with Gasteiger partial charge in [0.05, 0.1) is 14.2 Å². The molecule has 1 atom stereocenters. The second-order valence-electron chi connectivity index (χ2n) is 6.65. The molecule has 4 rings (SSSR count). The lowest BCUT2D eigenvalue weighted by atomic mass is 9.74. The number of hydrogen-bond donors (Lipinski definition) is 2. The fraction of sp³-hybridized carbons (Fsp3) is 0.368. The van der Waals surface area contributed by atoms with Crippen molar-refractivity contribution in [2.45, 2.75) is 18.9 Å².